The molecule has 3 fully saturated rings. The highest BCUT2D eigenvalue weighted by Crippen LogP contribution is 2.28. The second-order valence-electron chi connectivity index (χ2n) is 5.62. The fourth-order valence-corrected chi connectivity index (χ4v) is 2.61. The van der Waals surface area contributed by atoms with Gasteiger partial charge < -0.3 is 10.1 Å². The van der Waals surface area contributed by atoms with Crippen molar-refractivity contribution in [2.45, 2.75) is 44.2 Å². The molecule has 0 spiro atoms. The number of carbonyl (C=O) groups excluding carboxylic acids is 1. The second kappa shape index (κ2) is 5.41. The summed E-state index contributed by atoms with van der Waals surface area (Å²) in [7, 11) is 0. The maximum absolute atomic E-state index is 11.7. The molecule has 1 atom stereocenters. The van der Waals surface area contributed by atoms with E-state index in [-0.39, 0.29) is 12.0 Å². The molecule has 4 heteroatoms. The first kappa shape index (κ1) is 12.2. The van der Waals surface area contributed by atoms with Gasteiger partial charge in [0.15, 0.2) is 0 Å². The first-order valence-electron chi connectivity index (χ1n) is 7.14. The Bertz CT molecular complexity index is 344. The van der Waals surface area contributed by atoms with Crippen molar-refractivity contribution in [3.05, 3.63) is 11.6 Å². The van der Waals surface area contributed by atoms with Crippen LogP contribution in [0, 0.1) is 0 Å². The van der Waals surface area contributed by atoms with Crippen LogP contribution in [0.3, 0.4) is 0 Å². The zero-order valence-electron chi connectivity index (χ0n) is 10.9. The molecule has 0 aromatic rings. The minimum absolute atomic E-state index is 0.0526. The lowest BCUT2D eigenvalue weighted by Crippen LogP contribution is -2.48. The van der Waals surface area contributed by atoms with Crippen LogP contribution in [0.5, 0.6) is 0 Å². The van der Waals surface area contributed by atoms with Crippen LogP contribution in [0.1, 0.15) is 32.1 Å². The van der Waals surface area contributed by atoms with E-state index in [1.807, 2.05) is 0 Å². The molecule has 0 aromatic carbocycles. The Kier molecular flexibility index (Phi) is 3.66. The highest BCUT2D eigenvalue weighted by atomic mass is 16.5. The number of allylic oxidation sites excluding steroid dienone is 1. The summed E-state index contributed by atoms with van der Waals surface area (Å²) in [6.45, 7) is 3.48. The van der Waals surface area contributed by atoms with Crippen molar-refractivity contribution in [1.82, 2.24) is 10.2 Å². The van der Waals surface area contributed by atoms with E-state index in [0.717, 1.165) is 38.6 Å². The number of ether oxygens (including phenoxy) is 1. The molecule has 0 bridgehead atoms. The average Bonchev–Trinajstić information content (AvgIpc) is 3.16. The van der Waals surface area contributed by atoms with Crippen LogP contribution in [-0.2, 0) is 9.53 Å². The summed E-state index contributed by atoms with van der Waals surface area (Å²) in [6, 6.07) is 0.796. The van der Waals surface area contributed by atoms with E-state index in [0.29, 0.717) is 6.54 Å². The number of nitrogens with one attached hydrogen (secondary N) is 1. The standard InChI is InChI=1S/C14H22N2O2/c17-14(8-11-2-1-3-11)15-9-13-10-16(6-7-18-13)12-4-5-12/h8,12-13H,1-7,9-10H2,(H,15,17). The molecule has 1 saturated heterocycles. The number of hydrogen-bond acceptors (Lipinski definition) is 3. The van der Waals surface area contributed by atoms with Gasteiger partial charge in [-0.25, -0.2) is 0 Å². The fraction of sp³-hybridized carbons (Fsp3) is 0.786. The number of nitrogens with zero attached hydrogens (tertiary/aromatic N) is 1. The molecule has 1 heterocycles. The smallest absolute Gasteiger partial charge is 0.244 e. The van der Waals surface area contributed by atoms with E-state index >= 15 is 0 Å². The van der Waals surface area contributed by atoms with E-state index < -0.39 is 0 Å². The van der Waals surface area contributed by atoms with Gasteiger partial charge in [-0.2, -0.15) is 0 Å². The molecule has 1 N–H and O–H groups in total. The summed E-state index contributed by atoms with van der Waals surface area (Å²) in [5.41, 5.74) is 1.29. The number of rotatable bonds is 4. The molecule has 3 aliphatic rings. The molecule has 100 valence electrons. The Morgan fingerprint density at radius 1 is 1.44 bits per heavy atom. The molecule has 2 aliphatic carbocycles. The number of amides is 1. The lowest BCUT2D eigenvalue weighted by atomic mass is 9.92. The third-order valence-corrected chi connectivity index (χ3v) is 4.07. The van der Waals surface area contributed by atoms with Crippen molar-refractivity contribution in [3.8, 4) is 0 Å². The van der Waals surface area contributed by atoms with Crippen molar-refractivity contribution in [3.63, 3.8) is 0 Å². The van der Waals surface area contributed by atoms with E-state index in [2.05, 4.69) is 10.2 Å². The second-order valence-corrected chi connectivity index (χ2v) is 5.62. The highest BCUT2D eigenvalue weighted by Gasteiger charge is 2.32. The Hall–Kier alpha value is -0.870. The van der Waals surface area contributed by atoms with Gasteiger partial charge in [-0.05, 0) is 32.1 Å². The van der Waals surface area contributed by atoms with Crippen molar-refractivity contribution in [2.75, 3.05) is 26.2 Å². The van der Waals surface area contributed by atoms with E-state index in [9.17, 15) is 4.79 Å². The first-order valence-corrected chi connectivity index (χ1v) is 7.14. The molecule has 3 rings (SSSR count). The van der Waals surface area contributed by atoms with Crippen LogP contribution in [-0.4, -0.2) is 49.2 Å². The lowest BCUT2D eigenvalue weighted by Gasteiger charge is -2.33. The molecule has 1 aliphatic heterocycles. The zero-order valence-corrected chi connectivity index (χ0v) is 10.9. The van der Waals surface area contributed by atoms with Crippen LogP contribution in [0.4, 0.5) is 0 Å². The molecule has 4 nitrogen and oxygen atoms in total. The van der Waals surface area contributed by atoms with Crippen molar-refractivity contribution >= 4 is 5.91 Å². The summed E-state index contributed by atoms with van der Waals surface area (Å²) < 4.78 is 5.70. The molecule has 0 aromatic heterocycles. The molecular weight excluding hydrogens is 228 g/mol. The number of carbonyl (C=O) groups is 1. The zero-order chi connectivity index (χ0) is 12.4. The van der Waals surface area contributed by atoms with Crippen LogP contribution in [0.2, 0.25) is 0 Å². The van der Waals surface area contributed by atoms with Gasteiger partial charge in [0.1, 0.15) is 0 Å². The molecule has 0 radical (unpaired) electrons. The van der Waals surface area contributed by atoms with Crippen LogP contribution in [0.25, 0.3) is 0 Å². The topological polar surface area (TPSA) is 41.6 Å². The van der Waals surface area contributed by atoms with Gasteiger partial charge >= 0.3 is 0 Å². The Morgan fingerprint density at radius 2 is 2.28 bits per heavy atom. The molecular formula is C14H22N2O2. The van der Waals surface area contributed by atoms with E-state index in [1.165, 1.54) is 24.8 Å². The van der Waals surface area contributed by atoms with Gasteiger partial charge in [0.25, 0.3) is 0 Å². The molecule has 1 unspecified atom stereocenters. The minimum Gasteiger partial charge on any atom is -0.374 e. The van der Waals surface area contributed by atoms with Gasteiger partial charge in [0, 0.05) is 31.8 Å². The van der Waals surface area contributed by atoms with E-state index in [1.54, 1.807) is 6.08 Å². The van der Waals surface area contributed by atoms with Gasteiger partial charge in [-0.1, -0.05) is 5.57 Å². The van der Waals surface area contributed by atoms with Crippen molar-refractivity contribution in [1.29, 1.82) is 0 Å². The van der Waals surface area contributed by atoms with Crippen LogP contribution in [0.15, 0.2) is 11.6 Å². The number of hydrogen-bond donors (Lipinski definition) is 1. The summed E-state index contributed by atoms with van der Waals surface area (Å²) in [4.78, 5) is 14.2. The maximum atomic E-state index is 11.7. The van der Waals surface area contributed by atoms with Gasteiger partial charge in [-0.3, -0.25) is 9.69 Å². The van der Waals surface area contributed by atoms with Gasteiger partial charge in [0.2, 0.25) is 5.91 Å². The Balaban J connectivity index is 1.40. The van der Waals surface area contributed by atoms with Crippen molar-refractivity contribution in [2.24, 2.45) is 0 Å². The van der Waals surface area contributed by atoms with Crippen LogP contribution >= 0.6 is 0 Å². The predicted molar refractivity (Wildman–Crippen MR) is 69.3 cm³/mol. The minimum atomic E-state index is 0.0526. The maximum Gasteiger partial charge on any atom is 0.244 e. The fourth-order valence-electron chi connectivity index (χ4n) is 2.61. The van der Waals surface area contributed by atoms with Gasteiger partial charge in [-0.15, -0.1) is 0 Å². The normalized spacial score (nSPS) is 28.7. The Labute approximate surface area is 108 Å². The highest BCUT2D eigenvalue weighted by molar-refractivity contribution is 5.88. The largest absolute Gasteiger partial charge is 0.374 e. The molecule has 1 amide bonds. The van der Waals surface area contributed by atoms with Crippen LogP contribution < -0.4 is 5.32 Å². The summed E-state index contributed by atoms with van der Waals surface area (Å²) in [6.07, 6.45) is 8.05. The summed E-state index contributed by atoms with van der Waals surface area (Å²) >= 11 is 0. The summed E-state index contributed by atoms with van der Waals surface area (Å²) in [5.74, 6) is 0.0526. The first-order chi connectivity index (χ1) is 8.81. The van der Waals surface area contributed by atoms with Gasteiger partial charge in [0.05, 0.1) is 12.7 Å². The predicted octanol–water partition coefficient (Wildman–Crippen LogP) is 1.08. The lowest BCUT2D eigenvalue weighted by molar-refractivity contribution is -0.117. The average molecular weight is 250 g/mol. The SMILES string of the molecule is O=C(C=C1CCC1)NCC1CN(C2CC2)CCO1. The summed E-state index contributed by atoms with van der Waals surface area (Å²) in [5, 5.41) is 2.96. The quantitative estimate of drug-likeness (QED) is 0.759. The monoisotopic (exact) mass is 250 g/mol. The van der Waals surface area contributed by atoms with E-state index in [4.69, 9.17) is 4.74 Å². The molecule has 18 heavy (non-hydrogen) atoms. The third kappa shape index (κ3) is 3.12. The molecule has 2 saturated carbocycles. The Morgan fingerprint density at radius 3 is 2.94 bits per heavy atom. The third-order valence-electron chi connectivity index (χ3n) is 4.07. The number of morpholine rings is 1. The van der Waals surface area contributed by atoms with Crippen molar-refractivity contribution < 1.29 is 9.53 Å².